The standard InChI is InChI=1S/C18H19FN8/c1-12(19)11-26-16-14(23-18(26)27-9-5-8-22-27)15(20)24-17(25-16)21-10-13-6-3-2-4-7-13/h2-9,12H,10-11H2,1H3,(H3,20,21,24,25). The van der Waals surface area contributed by atoms with Gasteiger partial charge in [-0.05, 0) is 18.6 Å². The van der Waals surface area contributed by atoms with Crippen molar-refractivity contribution in [2.24, 2.45) is 0 Å². The Morgan fingerprint density at radius 2 is 1.96 bits per heavy atom. The molecule has 0 radical (unpaired) electrons. The molecule has 1 atom stereocenters. The van der Waals surface area contributed by atoms with E-state index in [1.165, 1.54) is 6.92 Å². The van der Waals surface area contributed by atoms with Crippen molar-refractivity contribution in [2.45, 2.75) is 26.2 Å². The van der Waals surface area contributed by atoms with Gasteiger partial charge in [-0.1, -0.05) is 30.3 Å². The van der Waals surface area contributed by atoms with E-state index in [0.29, 0.717) is 29.6 Å². The second-order valence-corrected chi connectivity index (χ2v) is 6.20. The topological polar surface area (TPSA) is 99.5 Å². The first-order valence-electron chi connectivity index (χ1n) is 8.57. The van der Waals surface area contributed by atoms with Crippen molar-refractivity contribution in [2.75, 3.05) is 11.1 Å². The highest BCUT2D eigenvalue weighted by molar-refractivity contribution is 5.84. The van der Waals surface area contributed by atoms with Crippen LogP contribution in [-0.4, -0.2) is 35.5 Å². The first-order chi connectivity index (χ1) is 13.1. The zero-order chi connectivity index (χ0) is 18.8. The minimum Gasteiger partial charge on any atom is -0.382 e. The van der Waals surface area contributed by atoms with E-state index in [2.05, 4.69) is 25.4 Å². The molecule has 3 N–H and O–H groups in total. The Balaban J connectivity index is 1.75. The second kappa shape index (κ2) is 7.02. The molecule has 0 bridgehead atoms. The monoisotopic (exact) mass is 366 g/mol. The minimum atomic E-state index is -1.09. The summed E-state index contributed by atoms with van der Waals surface area (Å²) in [6, 6.07) is 11.6. The molecular weight excluding hydrogens is 347 g/mol. The quantitative estimate of drug-likeness (QED) is 0.544. The molecular formula is C18H19FN8. The van der Waals surface area contributed by atoms with Gasteiger partial charge in [-0.15, -0.1) is 0 Å². The summed E-state index contributed by atoms with van der Waals surface area (Å²) in [6.45, 7) is 2.11. The molecule has 0 aliphatic heterocycles. The van der Waals surface area contributed by atoms with Gasteiger partial charge in [-0.2, -0.15) is 15.1 Å². The van der Waals surface area contributed by atoms with Crippen LogP contribution in [0.3, 0.4) is 0 Å². The number of rotatable bonds is 6. The number of benzene rings is 1. The van der Waals surface area contributed by atoms with Gasteiger partial charge in [0.05, 0.1) is 6.54 Å². The first kappa shape index (κ1) is 17.0. The number of fused-ring (bicyclic) bond motifs is 1. The fourth-order valence-electron chi connectivity index (χ4n) is 2.85. The number of nitrogens with two attached hydrogens (primary N) is 1. The Hall–Kier alpha value is -3.49. The molecule has 138 valence electrons. The van der Waals surface area contributed by atoms with Crippen molar-refractivity contribution in [3.05, 3.63) is 54.4 Å². The normalized spacial score (nSPS) is 12.4. The molecule has 3 aromatic heterocycles. The molecule has 1 aromatic carbocycles. The summed E-state index contributed by atoms with van der Waals surface area (Å²) in [4.78, 5) is 13.3. The maximum atomic E-state index is 13.8. The second-order valence-electron chi connectivity index (χ2n) is 6.20. The molecule has 8 nitrogen and oxygen atoms in total. The van der Waals surface area contributed by atoms with E-state index in [4.69, 9.17) is 5.73 Å². The summed E-state index contributed by atoms with van der Waals surface area (Å²) in [5.74, 6) is 1.04. The molecule has 4 rings (SSSR count). The fraction of sp³-hybridized carbons (Fsp3) is 0.222. The molecule has 9 heteroatoms. The molecule has 4 aromatic rings. The van der Waals surface area contributed by atoms with E-state index >= 15 is 0 Å². The van der Waals surface area contributed by atoms with Crippen LogP contribution in [-0.2, 0) is 13.1 Å². The number of halogens is 1. The summed E-state index contributed by atoms with van der Waals surface area (Å²) in [6.07, 6.45) is 2.28. The molecule has 0 saturated carbocycles. The predicted molar refractivity (Wildman–Crippen MR) is 101 cm³/mol. The van der Waals surface area contributed by atoms with Crippen molar-refractivity contribution in [3.63, 3.8) is 0 Å². The third kappa shape index (κ3) is 3.43. The van der Waals surface area contributed by atoms with Crippen LogP contribution in [0.5, 0.6) is 0 Å². The molecule has 27 heavy (non-hydrogen) atoms. The Morgan fingerprint density at radius 3 is 2.67 bits per heavy atom. The highest BCUT2D eigenvalue weighted by Crippen LogP contribution is 2.23. The van der Waals surface area contributed by atoms with Crippen LogP contribution in [0.4, 0.5) is 16.2 Å². The molecule has 0 spiro atoms. The third-order valence-corrected chi connectivity index (χ3v) is 4.04. The number of hydrogen-bond donors (Lipinski definition) is 2. The Bertz CT molecular complexity index is 1040. The van der Waals surface area contributed by atoms with Gasteiger partial charge >= 0.3 is 0 Å². The SMILES string of the molecule is CC(F)Cn1c(-n2cccn2)nc2c(N)nc(NCc3ccccc3)nc21. The van der Waals surface area contributed by atoms with Crippen LogP contribution in [0.1, 0.15) is 12.5 Å². The van der Waals surface area contributed by atoms with Gasteiger partial charge in [0.1, 0.15) is 6.17 Å². The summed E-state index contributed by atoms with van der Waals surface area (Å²) in [7, 11) is 0. The maximum Gasteiger partial charge on any atom is 0.233 e. The van der Waals surface area contributed by atoms with Crippen molar-refractivity contribution >= 4 is 22.9 Å². The van der Waals surface area contributed by atoms with Crippen LogP contribution < -0.4 is 11.1 Å². The smallest absolute Gasteiger partial charge is 0.233 e. The van der Waals surface area contributed by atoms with Crippen LogP contribution in [0, 0.1) is 0 Å². The highest BCUT2D eigenvalue weighted by Gasteiger charge is 2.19. The van der Waals surface area contributed by atoms with E-state index < -0.39 is 6.17 Å². The van der Waals surface area contributed by atoms with Crippen LogP contribution in [0.15, 0.2) is 48.8 Å². The largest absolute Gasteiger partial charge is 0.382 e. The minimum absolute atomic E-state index is 0.0836. The number of alkyl halides is 1. The predicted octanol–water partition coefficient (Wildman–Crippen LogP) is 2.56. The molecule has 0 amide bonds. The van der Waals surface area contributed by atoms with Gasteiger partial charge in [-0.25, -0.2) is 14.1 Å². The van der Waals surface area contributed by atoms with Crippen LogP contribution >= 0.6 is 0 Å². The van der Waals surface area contributed by atoms with Gasteiger partial charge in [0, 0.05) is 18.9 Å². The molecule has 3 heterocycles. The third-order valence-electron chi connectivity index (χ3n) is 4.04. The lowest BCUT2D eigenvalue weighted by molar-refractivity contribution is 0.321. The lowest BCUT2D eigenvalue weighted by Gasteiger charge is -2.10. The van der Waals surface area contributed by atoms with E-state index in [1.54, 1.807) is 27.7 Å². The lowest BCUT2D eigenvalue weighted by atomic mass is 10.2. The number of aromatic nitrogens is 6. The van der Waals surface area contributed by atoms with Gasteiger partial charge < -0.3 is 11.1 Å². The zero-order valence-corrected chi connectivity index (χ0v) is 14.7. The Kier molecular flexibility index (Phi) is 4.41. The average molecular weight is 366 g/mol. The summed E-state index contributed by atoms with van der Waals surface area (Å²) < 4.78 is 17.0. The van der Waals surface area contributed by atoms with Crippen LogP contribution in [0.2, 0.25) is 0 Å². The molecule has 0 aliphatic carbocycles. The molecule has 0 saturated heterocycles. The number of nitrogen functional groups attached to an aromatic ring is 1. The number of nitrogens with one attached hydrogen (secondary N) is 1. The number of anilines is 2. The summed E-state index contributed by atoms with van der Waals surface area (Å²) >= 11 is 0. The van der Waals surface area contributed by atoms with E-state index in [9.17, 15) is 4.39 Å². The molecule has 0 aliphatic rings. The van der Waals surface area contributed by atoms with Crippen molar-refractivity contribution < 1.29 is 4.39 Å². The van der Waals surface area contributed by atoms with Crippen LogP contribution in [0.25, 0.3) is 17.1 Å². The summed E-state index contributed by atoms with van der Waals surface area (Å²) in [5, 5.41) is 7.34. The molecule has 0 fully saturated rings. The number of hydrogen-bond acceptors (Lipinski definition) is 6. The van der Waals surface area contributed by atoms with Crippen molar-refractivity contribution in [1.29, 1.82) is 0 Å². The van der Waals surface area contributed by atoms with Crippen molar-refractivity contribution in [3.8, 4) is 5.95 Å². The Labute approximate surface area is 154 Å². The van der Waals surface area contributed by atoms with Gasteiger partial charge in [0.15, 0.2) is 17.0 Å². The number of imidazole rings is 1. The van der Waals surface area contributed by atoms with E-state index in [1.807, 2.05) is 30.3 Å². The first-order valence-corrected chi connectivity index (χ1v) is 8.57. The Morgan fingerprint density at radius 1 is 1.15 bits per heavy atom. The van der Waals surface area contributed by atoms with Gasteiger partial charge in [-0.3, -0.25) is 4.57 Å². The van der Waals surface area contributed by atoms with E-state index in [-0.39, 0.29) is 12.4 Å². The van der Waals surface area contributed by atoms with Crippen molar-refractivity contribution in [1.82, 2.24) is 29.3 Å². The maximum absolute atomic E-state index is 13.8. The summed E-state index contributed by atoms with van der Waals surface area (Å²) in [5.41, 5.74) is 8.08. The molecule has 1 unspecified atom stereocenters. The highest BCUT2D eigenvalue weighted by atomic mass is 19.1. The van der Waals surface area contributed by atoms with Gasteiger partial charge in [0.25, 0.3) is 0 Å². The number of nitrogens with zero attached hydrogens (tertiary/aromatic N) is 6. The zero-order valence-electron chi connectivity index (χ0n) is 14.7. The van der Waals surface area contributed by atoms with Gasteiger partial charge in [0.2, 0.25) is 11.9 Å². The lowest BCUT2D eigenvalue weighted by Crippen LogP contribution is -2.14. The van der Waals surface area contributed by atoms with E-state index in [0.717, 1.165) is 5.56 Å². The fourth-order valence-corrected chi connectivity index (χ4v) is 2.85. The average Bonchev–Trinajstić information content (AvgIpc) is 3.29.